The molecule has 1 rings (SSSR count). The minimum absolute atomic E-state index is 0. The first-order chi connectivity index (χ1) is 6.13. The SMILES string of the molecule is COC(=O)C1(C(=O)O)C=CCCC1.O. The quantitative estimate of drug-likeness (QED) is 0.391. The molecule has 14 heavy (non-hydrogen) atoms. The number of ether oxygens (including phenoxy) is 1. The van der Waals surface area contributed by atoms with E-state index >= 15 is 0 Å². The van der Waals surface area contributed by atoms with Crippen LogP contribution in [0.1, 0.15) is 19.3 Å². The van der Waals surface area contributed by atoms with Gasteiger partial charge in [-0.25, -0.2) is 0 Å². The van der Waals surface area contributed by atoms with Gasteiger partial charge in [0.2, 0.25) is 0 Å². The van der Waals surface area contributed by atoms with Gasteiger partial charge in [0.05, 0.1) is 7.11 Å². The standard InChI is InChI=1S/C9H12O4.H2O/c1-13-8(12)9(7(10)11)5-3-2-4-6-9;/h3,5H,2,4,6H2,1H3,(H,10,11);1H2. The zero-order valence-electron chi connectivity index (χ0n) is 7.95. The van der Waals surface area contributed by atoms with Crippen LogP contribution in [0.3, 0.4) is 0 Å². The Balaban J connectivity index is 0.00000169. The molecule has 1 aliphatic carbocycles. The summed E-state index contributed by atoms with van der Waals surface area (Å²) in [5, 5.41) is 8.94. The number of esters is 1. The average Bonchev–Trinajstić information content (AvgIpc) is 2.17. The van der Waals surface area contributed by atoms with Gasteiger partial charge in [-0.1, -0.05) is 12.2 Å². The van der Waals surface area contributed by atoms with Crippen LogP contribution in [0.5, 0.6) is 0 Å². The van der Waals surface area contributed by atoms with Crippen molar-refractivity contribution < 1.29 is 24.9 Å². The van der Waals surface area contributed by atoms with E-state index in [1.807, 2.05) is 0 Å². The first-order valence-electron chi connectivity index (χ1n) is 4.13. The highest BCUT2D eigenvalue weighted by Gasteiger charge is 2.45. The van der Waals surface area contributed by atoms with Gasteiger partial charge in [-0.2, -0.15) is 0 Å². The topological polar surface area (TPSA) is 95.1 Å². The van der Waals surface area contributed by atoms with E-state index in [4.69, 9.17) is 5.11 Å². The summed E-state index contributed by atoms with van der Waals surface area (Å²) in [7, 11) is 1.20. The molecule has 0 fully saturated rings. The molecule has 0 aromatic heterocycles. The number of hydrogen-bond acceptors (Lipinski definition) is 3. The van der Waals surface area contributed by atoms with Gasteiger partial charge in [0, 0.05) is 0 Å². The Morgan fingerprint density at radius 3 is 2.50 bits per heavy atom. The number of aliphatic carboxylic acids is 1. The maximum atomic E-state index is 11.3. The lowest BCUT2D eigenvalue weighted by atomic mass is 9.79. The van der Waals surface area contributed by atoms with Gasteiger partial charge >= 0.3 is 11.9 Å². The van der Waals surface area contributed by atoms with Gasteiger partial charge in [0.1, 0.15) is 0 Å². The average molecular weight is 202 g/mol. The molecule has 0 bridgehead atoms. The number of carboxylic acids is 1. The predicted octanol–water partition coefficient (Wildman–Crippen LogP) is 0.146. The molecule has 80 valence electrons. The highest BCUT2D eigenvalue weighted by molar-refractivity contribution is 6.01. The molecule has 1 aliphatic rings. The van der Waals surface area contributed by atoms with Gasteiger partial charge in [-0.3, -0.25) is 9.59 Å². The van der Waals surface area contributed by atoms with E-state index in [-0.39, 0.29) is 5.48 Å². The Kier molecular flexibility index (Phi) is 4.30. The van der Waals surface area contributed by atoms with Gasteiger partial charge in [-0.05, 0) is 19.3 Å². The fourth-order valence-electron chi connectivity index (χ4n) is 1.48. The minimum Gasteiger partial charge on any atom is -0.480 e. The van der Waals surface area contributed by atoms with Crippen LogP contribution in [0.25, 0.3) is 0 Å². The largest absolute Gasteiger partial charge is 0.480 e. The smallest absolute Gasteiger partial charge is 0.327 e. The second-order valence-corrected chi connectivity index (χ2v) is 3.06. The summed E-state index contributed by atoms with van der Waals surface area (Å²) in [4.78, 5) is 22.2. The molecule has 1 atom stereocenters. The molecule has 0 aromatic carbocycles. The first kappa shape index (κ1) is 12.6. The summed E-state index contributed by atoms with van der Waals surface area (Å²) < 4.78 is 4.48. The predicted molar refractivity (Wildman–Crippen MR) is 48.7 cm³/mol. The van der Waals surface area contributed by atoms with E-state index in [0.29, 0.717) is 12.8 Å². The molecule has 5 nitrogen and oxygen atoms in total. The van der Waals surface area contributed by atoms with Crippen LogP contribution in [0.2, 0.25) is 0 Å². The second kappa shape index (κ2) is 4.76. The number of rotatable bonds is 2. The van der Waals surface area contributed by atoms with Crippen molar-refractivity contribution >= 4 is 11.9 Å². The number of carboxylic acid groups (broad SMARTS) is 1. The normalized spacial score (nSPS) is 24.9. The molecule has 0 spiro atoms. The van der Waals surface area contributed by atoms with Crippen molar-refractivity contribution in [1.82, 2.24) is 0 Å². The van der Waals surface area contributed by atoms with Crippen LogP contribution >= 0.6 is 0 Å². The van der Waals surface area contributed by atoms with E-state index in [2.05, 4.69) is 4.74 Å². The van der Waals surface area contributed by atoms with Crippen molar-refractivity contribution in [3.8, 4) is 0 Å². The zero-order valence-corrected chi connectivity index (χ0v) is 7.95. The lowest BCUT2D eigenvalue weighted by Crippen LogP contribution is -2.39. The Bertz CT molecular complexity index is 258. The Hall–Kier alpha value is -1.36. The molecular weight excluding hydrogens is 188 g/mol. The van der Waals surface area contributed by atoms with Crippen LogP contribution in [-0.2, 0) is 14.3 Å². The fourth-order valence-corrected chi connectivity index (χ4v) is 1.48. The number of carbonyl (C=O) groups is 2. The van der Waals surface area contributed by atoms with E-state index in [1.165, 1.54) is 13.2 Å². The van der Waals surface area contributed by atoms with E-state index in [9.17, 15) is 9.59 Å². The van der Waals surface area contributed by atoms with Crippen LogP contribution in [0, 0.1) is 5.41 Å². The van der Waals surface area contributed by atoms with Gasteiger partial charge in [0.25, 0.3) is 0 Å². The summed E-state index contributed by atoms with van der Waals surface area (Å²) in [6.07, 6.45) is 5.01. The molecule has 0 aliphatic heterocycles. The number of hydrogen-bond donors (Lipinski definition) is 1. The van der Waals surface area contributed by atoms with Gasteiger partial charge in [0.15, 0.2) is 5.41 Å². The van der Waals surface area contributed by atoms with Crippen molar-refractivity contribution in [3.05, 3.63) is 12.2 Å². The maximum Gasteiger partial charge on any atom is 0.327 e. The highest BCUT2D eigenvalue weighted by Crippen LogP contribution is 2.32. The molecule has 1 unspecified atom stereocenters. The number of methoxy groups -OCH3 is 1. The van der Waals surface area contributed by atoms with Crippen molar-refractivity contribution in [2.75, 3.05) is 7.11 Å². The number of carbonyl (C=O) groups excluding carboxylic acids is 1. The van der Waals surface area contributed by atoms with Gasteiger partial charge in [-0.15, -0.1) is 0 Å². The third kappa shape index (κ3) is 1.93. The van der Waals surface area contributed by atoms with E-state index in [0.717, 1.165) is 6.42 Å². The van der Waals surface area contributed by atoms with E-state index < -0.39 is 17.4 Å². The molecule has 0 amide bonds. The minimum atomic E-state index is -1.44. The third-order valence-corrected chi connectivity index (χ3v) is 2.28. The highest BCUT2D eigenvalue weighted by atomic mass is 16.5. The van der Waals surface area contributed by atoms with Crippen molar-refractivity contribution in [1.29, 1.82) is 0 Å². The lowest BCUT2D eigenvalue weighted by Gasteiger charge is -2.25. The summed E-state index contributed by atoms with van der Waals surface area (Å²) in [6, 6.07) is 0. The second-order valence-electron chi connectivity index (χ2n) is 3.06. The zero-order chi connectivity index (χ0) is 9.90. The summed E-state index contributed by atoms with van der Waals surface area (Å²) in [5.74, 6) is -1.81. The van der Waals surface area contributed by atoms with Crippen LogP contribution in [0.15, 0.2) is 12.2 Å². The molecule has 3 N–H and O–H groups in total. The Morgan fingerprint density at radius 1 is 1.50 bits per heavy atom. The summed E-state index contributed by atoms with van der Waals surface area (Å²) in [6.45, 7) is 0. The van der Waals surface area contributed by atoms with Crippen molar-refractivity contribution in [2.45, 2.75) is 19.3 Å². The Morgan fingerprint density at radius 2 is 2.14 bits per heavy atom. The first-order valence-corrected chi connectivity index (χ1v) is 4.13. The maximum absolute atomic E-state index is 11.3. The molecule has 0 saturated heterocycles. The summed E-state index contributed by atoms with van der Waals surface area (Å²) in [5.41, 5.74) is -1.44. The van der Waals surface area contributed by atoms with E-state index in [1.54, 1.807) is 6.08 Å². The van der Waals surface area contributed by atoms with Crippen LogP contribution < -0.4 is 0 Å². The molecule has 0 heterocycles. The molecule has 0 saturated carbocycles. The molecule has 0 aromatic rings. The lowest BCUT2D eigenvalue weighted by molar-refractivity contribution is -0.163. The van der Waals surface area contributed by atoms with Crippen molar-refractivity contribution in [3.63, 3.8) is 0 Å². The van der Waals surface area contributed by atoms with Crippen LogP contribution in [-0.4, -0.2) is 29.6 Å². The molecular formula is C9H14O5. The fraction of sp³-hybridized carbons (Fsp3) is 0.556. The van der Waals surface area contributed by atoms with Crippen molar-refractivity contribution in [2.24, 2.45) is 5.41 Å². The Labute approximate surface area is 81.7 Å². The third-order valence-electron chi connectivity index (χ3n) is 2.28. The molecule has 0 radical (unpaired) electrons. The molecule has 5 heteroatoms. The number of allylic oxidation sites excluding steroid dienone is 1. The van der Waals surface area contributed by atoms with Gasteiger partial charge < -0.3 is 15.3 Å². The van der Waals surface area contributed by atoms with Crippen LogP contribution in [0.4, 0.5) is 0 Å². The summed E-state index contributed by atoms with van der Waals surface area (Å²) >= 11 is 0. The monoisotopic (exact) mass is 202 g/mol.